The topological polar surface area (TPSA) is 38.8 Å². The van der Waals surface area contributed by atoms with Gasteiger partial charge in [-0.05, 0) is 24.6 Å². The van der Waals surface area contributed by atoms with E-state index in [1.807, 2.05) is 6.92 Å². The van der Waals surface area contributed by atoms with Crippen LogP contribution in [-0.2, 0) is 9.47 Å². The minimum atomic E-state index is -0.136. The average Bonchev–Trinajstić information content (AvgIpc) is 2.44. The van der Waals surface area contributed by atoms with Crippen molar-refractivity contribution in [3.8, 4) is 0 Å². The molecule has 0 aliphatic carbocycles. The number of hydrogen-bond acceptors (Lipinski definition) is 3. The molecule has 0 bridgehead atoms. The van der Waals surface area contributed by atoms with Gasteiger partial charge in [-0.15, -0.1) is 0 Å². The second kappa shape index (κ2) is 6.76. The van der Waals surface area contributed by atoms with Crippen LogP contribution in [0.4, 0.5) is 0 Å². The second-order valence-electron chi connectivity index (χ2n) is 4.82. The highest BCUT2D eigenvalue weighted by Gasteiger charge is 2.21. The number of rotatable bonds is 3. The molecule has 0 unspecified atom stereocenters. The van der Waals surface area contributed by atoms with E-state index < -0.39 is 0 Å². The van der Waals surface area contributed by atoms with Crippen LogP contribution in [0.25, 0.3) is 0 Å². The Morgan fingerprint density at radius 1 is 1.35 bits per heavy atom. The van der Waals surface area contributed by atoms with Gasteiger partial charge in [0.05, 0.1) is 25.9 Å². The Kier molecular flexibility index (Phi) is 5.27. The summed E-state index contributed by atoms with van der Waals surface area (Å²) in [5, 5.41) is 0.984. The van der Waals surface area contributed by atoms with Crippen LogP contribution in [0.3, 0.4) is 0 Å². The molecule has 6 heteroatoms. The summed E-state index contributed by atoms with van der Waals surface area (Å²) in [6.45, 7) is 3.97. The van der Waals surface area contributed by atoms with Crippen molar-refractivity contribution in [3.63, 3.8) is 0 Å². The normalized spacial score (nSPS) is 18.9. The zero-order chi connectivity index (χ0) is 14.7. The Labute approximate surface area is 128 Å². The predicted molar refractivity (Wildman–Crippen MR) is 78.7 cm³/mol. The van der Waals surface area contributed by atoms with Gasteiger partial charge in [-0.3, -0.25) is 4.79 Å². The molecule has 110 valence electrons. The molecule has 4 nitrogen and oxygen atoms in total. The van der Waals surface area contributed by atoms with Gasteiger partial charge >= 0.3 is 0 Å². The van der Waals surface area contributed by atoms with Crippen molar-refractivity contribution in [2.75, 3.05) is 33.4 Å². The second-order valence-corrected chi connectivity index (χ2v) is 5.63. The first-order chi connectivity index (χ1) is 9.49. The standard InChI is InChI=1S/C14H17Cl2NO3/c1-9-12(15)5-10(6-13(9)16)14(18)17(2)7-11-8-19-3-4-20-11/h5-6,11H,3-4,7-8H2,1-2H3/t11-/m0/s1. The molecule has 2 rings (SSSR count). The van der Waals surface area contributed by atoms with E-state index in [2.05, 4.69) is 0 Å². The maximum Gasteiger partial charge on any atom is 0.253 e. The van der Waals surface area contributed by atoms with Gasteiger partial charge < -0.3 is 14.4 Å². The molecule has 1 aromatic rings. The summed E-state index contributed by atoms with van der Waals surface area (Å²) in [4.78, 5) is 13.9. The first kappa shape index (κ1) is 15.6. The molecule has 1 aliphatic rings. The number of ether oxygens (including phenoxy) is 2. The van der Waals surface area contributed by atoms with Gasteiger partial charge in [0.25, 0.3) is 5.91 Å². The molecule has 20 heavy (non-hydrogen) atoms. The van der Waals surface area contributed by atoms with Crippen LogP contribution in [0.1, 0.15) is 15.9 Å². The smallest absolute Gasteiger partial charge is 0.253 e. The average molecular weight is 318 g/mol. The summed E-state index contributed by atoms with van der Waals surface area (Å²) in [6, 6.07) is 3.28. The third kappa shape index (κ3) is 3.64. The number of carbonyl (C=O) groups is 1. The maximum absolute atomic E-state index is 12.3. The monoisotopic (exact) mass is 317 g/mol. The summed E-state index contributed by atoms with van der Waals surface area (Å²) >= 11 is 12.1. The number of carbonyl (C=O) groups excluding carboxylic acids is 1. The minimum Gasteiger partial charge on any atom is -0.376 e. The molecule has 1 aliphatic heterocycles. The van der Waals surface area contributed by atoms with E-state index in [0.717, 1.165) is 5.56 Å². The van der Waals surface area contributed by atoms with Crippen molar-refractivity contribution in [3.05, 3.63) is 33.3 Å². The number of benzene rings is 1. The molecular weight excluding hydrogens is 301 g/mol. The Morgan fingerprint density at radius 2 is 2.00 bits per heavy atom. The van der Waals surface area contributed by atoms with Gasteiger partial charge in [0.1, 0.15) is 0 Å². The molecule has 0 radical (unpaired) electrons. The quantitative estimate of drug-likeness (QED) is 0.860. The van der Waals surface area contributed by atoms with Crippen LogP contribution in [0, 0.1) is 6.92 Å². The highest BCUT2D eigenvalue weighted by Crippen LogP contribution is 2.26. The van der Waals surface area contributed by atoms with E-state index in [1.54, 1.807) is 24.1 Å². The molecule has 1 atom stereocenters. The highest BCUT2D eigenvalue weighted by molar-refractivity contribution is 6.36. The fourth-order valence-corrected chi connectivity index (χ4v) is 2.51. The molecule has 1 heterocycles. The van der Waals surface area contributed by atoms with E-state index in [4.69, 9.17) is 32.7 Å². The van der Waals surface area contributed by atoms with Gasteiger partial charge in [0, 0.05) is 29.2 Å². The maximum atomic E-state index is 12.3. The highest BCUT2D eigenvalue weighted by atomic mass is 35.5. The molecule has 1 fully saturated rings. The summed E-state index contributed by atoms with van der Waals surface area (Å²) < 4.78 is 10.8. The van der Waals surface area contributed by atoms with Crippen LogP contribution in [0.15, 0.2) is 12.1 Å². The zero-order valence-electron chi connectivity index (χ0n) is 11.5. The lowest BCUT2D eigenvalue weighted by Gasteiger charge is -2.27. The number of likely N-dealkylation sites (N-methyl/N-ethyl adjacent to an activating group) is 1. The third-order valence-electron chi connectivity index (χ3n) is 3.24. The van der Waals surface area contributed by atoms with E-state index in [9.17, 15) is 4.79 Å². The first-order valence-electron chi connectivity index (χ1n) is 6.39. The van der Waals surface area contributed by atoms with E-state index in [1.165, 1.54) is 0 Å². The minimum absolute atomic E-state index is 0.0888. The van der Waals surface area contributed by atoms with Crippen molar-refractivity contribution in [2.24, 2.45) is 0 Å². The van der Waals surface area contributed by atoms with E-state index >= 15 is 0 Å². The lowest BCUT2D eigenvalue weighted by Crippen LogP contribution is -2.40. The number of hydrogen-bond donors (Lipinski definition) is 0. The van der Waals surface area contributed by atoms with Crippen LogP contribution in [0.5, 0.6) is 0 Å². The van der Waals surface area contributed by atoms with E-state index in [-0.39, 0.29) is 12.0 Å². The van der Waals surface area contributed by atoms with Crippen molar-refractivity contribution in [1.29, 1.82) is 0 Å². The lowest BCUT2D eigenvalue weighted by molar-refractivity contribution is -0.0933. The summed E-state index contributed by atoms with van der Waals surface area (Å²) in [6.07, 6.45) is -0.0888. The van der Waals surface area contributed by atoms with E-state index in [0.29, 0.717) is 42.0 Å². The Morgan fingerprint density at radius 3 is 2.55 bits per heavy atom. The van der Waals surface area contributed by atoms with Gasteiger partial charge in [-0.2, -0.15) is 0 Å². The third-order valence-corrected chi connectivity index (χ3v) is 4.02. The summed E-state index contributed by atoms with van der Waals surface area (Å²) in [7, 11) is 1.72. The fourth-order valence-electron chi connectivity index (χ4n) is 2.02. The molecule has 1 aromatic carbocycles. The van der Waals surface area contributed by atoms with Crippen LogP contribution >= 0.6 is 23.2 Å². The molecular formula is C14H17Cl2NO3. The van der Waals surface area contributed by atoms with Crippen LogP contribution < -0.4 is 0 Å². The van der Waals surface area contributed by atoms with Gasteiger partial charge in [0.15, 0.2) is 0 Å². The van der Waals surface area contributed by atoms with Crippen LogP contribution in [-0.4, -0.2) is 50.3 Å². The van der Waals surface area contributed by atoms with Crippen molar-refractivity contribution in [2.45, 2.75) is 13.0 Å². The molecule has 1 amide bonds. The van der Waals surface area contributed by atoms with Crippen LogP contribution in [0.2, 0.25) is 10.0 Å². The predicted octanol–water partition coefficient (Wildman–Crippen LogP) is 2.79. The fraction of sp³-hybridized carbons (Fsp3) is 0.500. The lowest BCUT2D eigenvalue weighted by atomic mass is 10.1. The number of halogens is 2. The molecule has 0 saturated carbocycles. The van der Waals surface area contributed by atoms with Gasteiger partial charge in [0.2, 0.25) is 0 Å². The molecule has 0 aromatic heterocycles. The van der Waals surface area contributed by atoms with Crippen molar-refractivity contribution in [1.82, 2.24) is 4.90 Å². The molecule has 0 spiro atoms. The van der Waals surface area contributed by atoms with Crippen molar-refractivity contribution < 1.29 is 14.3 Å². The Bertz CT molecular complexity index is 478. The Hall–Kier alpha value is -0.810. The number of nitrogens with zero attached hydrogens (tertiary/aromatic N) is 1. The Balaban J connectivity index is 2.06. The zero-order valence-corrected chi connectivity index (χ0v) is 13.0. The largest absolute Gasteiger partial charge is 0.376 e. The number of amides is 1. The molecule has 1 saturated heterocycles. The van der Waals surface area contributed by atoms with Crippen molar-refractivity contribution >= 4 is 29.1 Å². The summed E-state index contributed by atoms with van der Waals surface area (Å²) in [5.41, 5.74) is 1.25. The van der Waals surface area contributed by atoms with Gasteiger partial charge in [-0.25, -0.2) is 0 Å². The molecule has 0 N–H and O–H groups in total. The van der Waals surface area contributed by atoms with Gasteiger partial charge in [-0.1, -0.05) is 23.2 Å². The summed E-state index contributed by atoms with van der Waals surface area (Å²) in [5.74, 6) is -0.136. The SMILES string of the molecule is Cc1c(Cl)cc(C(=O)N(C)C[C@H]2COCCO2)cc1Cl. The first-order valence-corrected chi connectivity index (χ1v) is 7.15.